The molecule has 6 nitrogen and oxygen atoms in total. The van der Waals surface area contributed by atoms with E-state index in [-0.39, 0.29) is 25.0 Å². The summed E-state index contributed by atoms with van der Waals surface area (Å²) in [5.41, 5.74) is 0.989. The van der Waals surface area contributed by atoms with E-state index in [1.165, 1.54) is 0 Å². The molecule has 0 N–H and O–H groups in total. The maximum atomic E-state index is 12.4. The number of ether oxygens (including phenoxy) is 3. The second kappa shape index (κ2) is 5.53. The third kappa shape index (κ3) is 2.37. The van der Waals surface area contributed by atoms with Crippen LogP contribution in [0.4, 0.5) is 4.79 Å². The van der Waals surface area contributed by atoms with Crippen molar-refractivity contribution in [3.63, 3.8) is 0 Å². The van der Waals surface area contributed by atoms with Crippen LogP contribution in [0.15, 0.2) is 30.3 Å². The van der Waals surface area contributed by atoms with Gasteiger partial charge in [-0.1, -0.05) is 30.3 Å². The number of cyclic esters (lactones) is 1. The van der Waals surface area contributed by atoms with Crippen molar-refractivity contribution in [1.82, 2.24) is 4.90 Å². The van der Waals surface area contributed by atoms with Crippen LogP contribution in [0.3, 0.4) is 0 Å². The number of carbonyl (C=O) groups excluding carboxylic acids is 2. The summed E-state index contributed by atoms with van der Waals surface area (Å²) in [5.74, 6) is -1.32. The Bertz CT molecular complexity index is 611. The van der Waals surface area contributed by atoms with Gasteiger partial charge in [-0.2, -0.15) is 0 Å². The average molecular weight is 317 g/mol. The molecule has 1 aromatic carbocycles. The summed E-state index contributed by atoms with van der Waals surface area (Å²) >= 11 is 0. The van der Waals surface area contributed by atoms with Gasteiger partial charge in [0.05, 0.1) is 19.1 Å². The predicted molar refractivity (Wildman–Crippen MR) is 79.4 cm³/mol. The quantitative estimate of drug-likeness (QED) is 0.784. The molecule has 4 rings (SSSR count). The minimum absolute atomic E-state index is 0.151. The van der Waals surface area contributed by atoms with Crippen molar-refractivity contribution >= 4 is 12.1 Å². The number of rotatable bonds is 2. The highest BCUT2D eigenvalue weighted by Gasteiger charge is 2.58. The van der Waals surface area contributed by atoms with Crippen molar-refractivity contribution in [2.75, 3.05) is 13.2 Å². The maximum absolute atomic E-state index is 12.4. The van der Waals surface area contributed by atoms with Crippen LogP contribution >= 0.6 is 0 Å². The Morgan fingerprint density at radius 1 is 1.13 bits per heavy atom. The largest absolute Gasteiger partial charge is 0.447 e. The molecule has 6 heteroatoms. The van der Waals surface area contributed by atoms with E-state index in [1.807, 2.05) is 30.3 Å². The molecule has 3 saturated heterocycles. The number of esters is 1. The molecule has 3 atom stereocenters. The van der Waals surface area contributed by atoms with Crippen LogP contribution in [-0.4, -0.2) is 42.0 Å². The van der Waals surface area contributed by atoms with Crippen molar-refractivity contribution in [2.24, 2.45) is 0 Å². The molecule has 23 heavy (non-hydrogen) atoms. The van der Waals surface area contributed by atoms with E-state index < -0.39 is 17.9 Å². The van der Waals surface area contributed by atoms with Crippen LogP contribution in [0.5, 0.6) is 0 Å². The van der Waals surface area contributed by atoms with Gasteiger partial charge in [-0.15, -0.1) is 0 Å². The average Bonchev–Trinajstić information content (AvgIpc) is 3.09. The highest BCUT2D eigenvalue weighted by molar-refractivity contribution is 5.77. The highest BCUT2D eigenvalue weighted by Crippen LogP contribution is 2.43. The highest BCUT2D eigenvalue weighted by atomic mass is 16.7. The van der Waals surface area contributed by atoms with E-state index in [0.717, 1.165) is 18.4 Å². The lowest BCUT2D eigenvalue weighted by Gasteiger charge is -2.40. The molecule has 0 radical (unpaired) electrons. The fraction of sp³-hybridized carbons (Fsp3) is 0.529. The molecule has 0 aliphatic carbocycles. The van der Waals surface area contributed by atoms with Crippen LogP contribution in [0.1, 0.15) is 37.3 Å². The topological polar surface area (TPSA) is 65.1 Å². The van der Waals surface area contributed by atoms with Crippen molar-refractivity contribution in [3.05, 3.63) is 35.9 Å². The Labute approximate surface area is 134 Å². The van der Waals surface area contributed by atoms with Crippen LogP contribution < -0.4 is 0 Å². The molecule has 0 unspecified atom stereocenters. The van der Waals surface area contributed by atoms with Gasteiger partial charge >= 0.3 is 12.1 Å². The summed E-state index contributed by atoms with van der Waals surface area (Å²) in [7, 11) is 0. The summed E-state index contributed by atoms with van der Waals surface area (Å²) in [6, 6.07) is 9.07. The summed E-state index contributed by atoms with van der Waals surface area (Å²) in [6.45, 7) is 0.826. The number of amides is 1. The van der Waals surface area contributed by atoms with Gasteiger partial charge in [-0.05, 0) is 18.4 Å². The fourth-order valence-electron chi connectivity index (χ4n) is 3.77. The third-order valence-corrected chi connectivity index (χ3v) is 4.85. The van der Waals surface area contributed by atoms with Gasteiger partial charge in [0.15, 0.2) is 0 Å². The van der Waals surface area contributed by atoms with E-state index in [2.05, 4.69) is 0 Å². The Kier molecular flexibility index (Phi) is 3.49. The monoisotopic (exact) mass is 317 g/mol. The van der Waals surface area contributed by atoms with Gasteiger partial charge in [0.1, 0.15) is 12.6 Å². The lowest BCUT2D eigenvalue weighted by atomic mass is 9.94. The summed E-state index contributed by atoms with van der Waals surface area (Å²) < 4.78 is 16.7. The number of carbonyl (C=O) groups is 2. The summed E-state index contributed by atoms with van der Waals surface area (Å²) in [4.78, 5) is 26.0. The van der Waals surface area contributed by atoms with E-state index >= 15 is 0 Å². The van der Waals surface area contributed by atoms with Crippen molar-refractivity contribution < 1.29 is 23.8 Å². The van der Waals surface area contributed by atoms with E-state index in [9.17, 15) is 9.59 Å². The van der Waals surface area contributed by atoms with E-state index in [1.54, 1.807) is 4.90 Å². The summed E-state index contributed by atoms with van der Waals surface area (Å²) in [5, 5.41) is 0. The molecule has 122 valence electrons. The molecular formula is C17H19NO5. The second-order valence-electron chi connectivity index (χ2n) is 6.22. The lowest BCUT2D eigenvalue weighted by Crippen LogP contribution is -2.54. The first-order chi connectivity index (χ1) is 11.2. The Balaban J connectivity index is 1.68. The number of benzene rings is 1. The predicted octanol–water partition coefficient (Wildman–Crippen LogP) is 2.39. The van der Waals surface area contributed by atoms with E-state index in [0.29, 0.717) is 13.0 Å². The number of hydrogen-bond donors (Lipinski definition) is 0. The Morgan fingerprint density at radius 3 is 2.70 bits per heavy atom. The van der Waals surface area contributed by atoms with Gasteiger partial charge in [0, 0.05) is 6.42 Å². The van der Waals surface area contributed by atoms with Crippen LogP contribution in [0.2, 0.25) is 0 Å². The van der Waals surface area contributed by atoms with Gasteiger partial charge in [0.2, 0.25) is 5.79 Å². The maximum Gasteiger partial charge on any atom is 0.410 e. The minimum atomic E-state index is -1.01. The molecular weight excluding hydrogens is 298 g/mol. The standard InChI is InChI=1S/C17H19NO5/c19-15-10-14(17(23-15)8-4-5-9-22-17)18-13(11-21-16(18)20)12-6-2-1-3-7-12/h1-3,6-7,13-14H,4-5,8-11H2/t13-,14+,17-/m1/s1. The molecule has 0 aromatic heterocycles. The van der Waals surface area contributed by atoms with Crippen molar-refractivity contribution in [1.29, 1.82) is 0 Å². The molecule has 3 fully saturated rings. The smallest absolute Gasteiger partial charge is 0.410 e. The fourth-order valence-corrected chi connectivity index (χ4v) is 3.77. The van der Waals surface area contributed by atoms with Crippen LogP contribution in [0.25, 0.3) is 0 Å². The Hall–Kier alpha value is -2.08. The molecule has 1 amide bonds. The second-order valence-corrected chi connectivity index (χ2v) is 6.22. The zero-order chi connectivity index (χ0) is 15.9. The molecule has 1 spiro atoms. The van der Waals surface area contributed by atoms with Crippen LogP contribution in [-0.2, 0) is 19.0 Å². The van der Waals surface area contributed by atoms with Gasteiger partial charge in [0.25, 0.3) is 0 Å². The number of nitrogens with zero attached hydrogens (tertiary/aromatic N) is 1. The molecule has 3 aliphatic heterocycles. The number of hydrogen-bond acceptors (Lipinski definition) is 5. The zero-order valence-corrected chi connectivity index (χ0v) is 12.8. The van der Waals surface area contributed by atoms with Crippen molar-refractivity contribution in [2.45, 2.75) is 43.6 Å². The molecule has 3 aliphatic rings. The minimum Gasteiger partial charge on any atom is -0.447 e. The molecule has 0 bridgehead atoms. The van der Waals surface area contributed by atoms with Gasteiger partial charge in [-0.3, -0.25) is 9.69 Å². The SMILES string of the molecule is O=C1C[C@H](N2C(=O)OC[C@@H]2c2ccccc2)[C@@]2(CCCCO2)O1. The normalized spacial score (nSPS) is 33.8. The molecule has 1 aromatic rings. The van der Waals surface area contributed by atoms with E-state index in [4.69, 9.17) is 14.2 Å². The summed E-state index contributed by atoms with van der Waals surface area (Å²) in [6.07, 6.45) is 2.23. The third-order valence-electron chi connectivity index (χ3n) is 4.85. The van der Waals surface area contributed by atoms with Crippen molar-refractivity contribution in [3.8, 4) is 0 Å². The molecule has 3 heterocycles. The first-order valence-electron chi connectivity index (χ1n) is 8.05. The lowest BCUT2D eigenvalue weighted by molar-refractivity contribution is -0.245. The molecule has 0 saturated carbocycles. The Morgan fingerprint density at radius 2 is 1.96 bits per heavy atom. The van der Waals surface area contributed by atoms with Gasteiger partial charge in [-0.25, -0.2) is 4.79 Å². The zero-order valence-electron chi connectivity index (χ0n) is 12.8. The first-order valence-corrected chi connectivity index (χ1v) is 8.05. The van der Waals surface area contributed by atoms with Crippen LogP contribution in [0, 0.1) is 0 Å². The first kappa shape index (κ1) is 14.5. The van der Waals surface area contributed by atoms with Gasteiger partial charge < -0.3 is 14.2 Å².